The Morgan fingerprint density at radius 2 is 2.12 bits per heavy atom. The summed E-state index contributed by atoms with van der Waals surface area (Å²) in [5, 5.41) is 0.689. The highest BCUT2D eigenvalue weighted by Crippen LogP contribution is 2.27. The van der Waals surface area contributed by atoms with Crippen LogP contribution in [-0.4, -0.2) is 23.5 Å². The normalized spacial score (nSPS) is 23.9. The van der Waals surface area contributed by atoms with E-state index in [1.807, 2.05) is 26.0 Å². The molecule has 1 aromatic rings. The van der Waals surface area contributed by atoms with Crippen LogP contribution in [0.1, 0.15) is 11.1 Å². The smallest absolute Gasteiger partial charge is 0.305 e. The molecule has 0 saturated carbocycles. The fraction of sp³-hybridized carbons (Fsp3) is 0.455. The Morgan fingerprint density at radius 1 is 1.47 bits per heavy atom. The Balaban J connectivity index is 2.01. The molecule has 1 aliphatic heterocycles. The van der Waals surface area contributed by atoms with Crippen molar-refractivity contribution in [2.75, 3.05) is 13.2 Å². The molecule has 6 heteroatoms. The van der Waals surface area contributed by atoms with Crippen molar-refractivity contribution in [1.82, 2.24) is 0 Å². The maximum absolute atomic E-state index is 10.8. The van der Waals surface area contributed by atoms with E-state index in [0.29, 0.717) is 11.6 Å². The molecule has 17 heavy (non-hydrogen) atoms. The van der Waals surface area contributed by atoms with Crippen LogP contribution >= 0.6 is 11.6 Å². The van der Waals surface area contributed by atoms with E-state index in [-0.39, 0.29) is 12.7 Å². The van der Waals surface area contributed by atoms with Gasteiger partial charge in [0.15, 0.2) is 0 Å². The van der Waals surface area contributed by atoms with Crippen LogP contribution in [0.25, 0.3) is 0 Å². The second-order valence-electron chi connectivity index (χ2n) is 3.89. The van der Waals surface area contributed by atoms with E-state index in [9.17, 15) is 4.21 Å². The van der Waals surface area contributed by atoms with Gasteiger partial charge >= 0.3 is 11.4 Å². The van der Waals surface area contributed by atoms with Crippen LogP contribution in [0, 0.1) is 13.8 Å². The summed E-state index contributed by atoms with van der Waals surface area (Å²) in [7, 11) is 0. The molecule has 1 aliphatic rings. The van der Waals surface area contributed by atoms with E-state index in [1.165, 1.54) is 0 Å². The Bertz CT molecular complexity index is 426. The molecule has 4 nitrogen and oxygen atoms in total. The fourth-order valence-electron chi connectivity index (χ4n) is 1.68. The molecule has 1 fully saturated rings. The largest absolute Gasteiger partial charge is 0.490 e. The standard InChI is InChI=1S/C11H13ClO4S/c1-7-3-9(12)4-8(2)11(7)14-5-10-6-15-17(13)16-10/h3-4,10H,5-6H2,1-2H3/t10-,17+/m1/s1. The molecule has 1 saturated heterocycles. The number of halogens is 1. The summed E-state index contributed by atoms with van der Waals surface area (Å²) in [6.45, 7) is 4.46. The zero-order valence-electron chi connectivity index (χ0n) is 9.57. The van der Waals surface area contributed by atoms with E-state index in [0.717, 1.165) is 16.9 Å². The predicted molar refractivity (Wildman–Crippen MR) is 65.4 cm³/mol. The summed E-state index contributed by atoms with van der Waals surface area (Å²) in [4.78, 5) is 0. The molecule has 0 N–H and O–H groups in total. The minimum atomic E-state index is -1.63. The Morgan fingerprint density at radius 3 is 2.65 bits per heavy atom. The number of rotatable bonds is 3. The summed E-state index contributed by atoms with van der Waals surface area (Å²) >= 11 is 4.30. The maximum atomic E-state index is 10.8. The average molecular weight is 277 g/mol. The van der Waals surface area contributed by atoms with Crippen LogP contribution in [0.5, 0.6) is 5.75 Å². The van der Waals surface area contributed by atoms with Crippen molar-refractivity contribution in [2.24, 2.45) is 0 Å². The van der Waals surface area contributed by atoms with Gasteiger partial charge in [0.2, 0.25) is 0 Å². The summed E-state index contributed by atoms with van der Waals surface area (Å²) in [5.41, 5.74) is 1.94. The number of aryl methyl sites for hydroxylation is 2. The van der Waals surface area contributed by atoms with Crippen LogP contribution < -0.4 is 4.74 Å². The topological polar surface area (TPSA) is 44.8 Å². The summed E-state index contributed by atoms with van der Waals surface area (Å²) < 4.78 is 26.3. The van der Waals surface area contributed by atoms with Crippen molar-refractivity contribution in [2.45, 2.75) is 20.0 Å². The van der Waals surface area contributed by atoms with Crippen molar-refractivity contribution < 1.29 is 17.3 Å². The first kappa shape index (κ1) is 12.8. The maximum Gasteiger partial charge on any atom is 0.305 e. The lowest BCUT2D eigenvalue weighted by molar-refractivity contribution is 0.150. The van der Waals surface area contributed by atoms with E-state index in [2.05, 4.69) is 0 Å². The van der Waals surface area contributed by atoms with Crippen LogP contribution in [0.4, 0.5) is 0 Å². The van der Waals surface area contributed by atoms with Gasteiger partial charge < -0.3 is 4.74 Å². The molecule has 0 aliphatic carbocycles. The summed E-state index contributed by atoms with van der Waals surface area (Å²) in [6, 6.07) is 3.68. The number of benzene rings is 1. The lowest BCUT2D eigenvalue weighted by Crippen LogP contribution is -2.20. The molecule has 94 valence electrons. The van der Waals surface area contributed by atoms with E-state index in [1.54, 1.807) is 0 Å². The SMILES string of the molecule is Cc1cc(Cl)cc(C)c1OC[C@@H]1CO[S@](=O)O1. The molecular formula is C11H13ClO4S. The Hall–Kier alpha value is -0.620. The monoisotopic (exact) mass is 276 g/mol. The summed E-state index contributed by atoms with van der Waals surface area (Å²) in [6.07, 6.45) is -0.287. The number of hydrogen-bond donors (Lipinski definition) is 0. The third kappa shape index (κ3) is 3.19. The van der Waals surface area contributed by atoms with Gasteiger partial charge in [-0.3, -0.25) is 8.37 Å². The molecule has 1 heterocycles. The number of hydrogen-bond acceptors (Lipinski definition) is 4. The fourth-order valence-corrected chi connectivity index (χ4v) is 2.65. The van der Waals surface area contributed by atoms with Crippen LogP contribution in [-0.2, 0) is 19.7 Å². The van der Waals surface area contributed by atoms with Crippen molar-refractivity contribution in [1.29, 1.82) is 0 Å². The van der Waals surface area contributed by atoms with Crippen molar-refractivity contribution >= 4 is 23.0 Å². The molecule has 0 amide bonds. The lowest BCUT2D eigenvalue weighted by Gasteiger charge is -2.14. The first-order chi connectivity index (χ1) is 8.06. The van der Waals surface area contributed by atoms with Gasteiger partial charge in [0.1, 0.15) is 18.5 Å². The van der Waals surface area contributed by atoms with Crippen molar-refractivity contribution in [3.8, 4) is 5.75 Å². The molecule has 1 aromatic carbocycles. The van der Waals surface area contributed by atoms with Gasteiger partial charge in [0.05, 0.1) is 6.61 Å². The molecule has 0 aromatic heterocycles. The van der Waals surface area contributed by atoms with Gasteiger partial charge in [-0.25, -0.2) is 0 Å². The second-order valence-corrected chi connectivity index (χ2v) is 5.16. The van der Waals surface area contributed by atoms with Gasteiger partial charge in [-0.2, -0.15) is 4.21 Å². The summed E-state index contributed by atoms with van der Waals surface area (Å²) in [5.74, 6) is 0.788. The van der Waals surface area contributed by atoms with Crippen LogP contribution in [0.15, 0.2) is 12.1 Å². The quantitative estimate of drug-likeness (QED) is 0.850. The molecular weight excluding hydrogens is 264 g/mol. The van der Waals surface area contributed by atoms with Gasteiger partial charge in [0.25, 0.3) is 0 Å². The van der Waals surface area contributed by atoms with Crippen LogP contribution in [0.3, 0.4) is 0 Å². The Labute approximate surface area is 108 Å². The average Bonchev–Trinajstić information content (AvgIpc) is 2.62. The highest BCUT2D eigenvalue weighted by atomic mass is 35.5. The van der Waals surface area contributed by atoms with Gasteiger partial charge in [-0.1, -0.05) is 11.6 Å². The minimum absolute atomic E-state index is 0.287. The Kier molecular flexibility index (Phi) is 4.04. The zero-order chi connectivity index (χ0) is 12.4. The highest BCUT2D eigenvalue weighted by Gasteiger charge is 2.24. The van der Waals surface area contributed by atoms with Crippen molar-refractivity contribution in [3.05, 3.63) is 28.3 Å². The zero-order valence-corrected chi connectivity index (χ0v) is 11.1. The van der Waals surface area contributed by atoms with Gasteiger partial charge in [-0.05, 0) is 37.1 Å². The molecule has 0 bridgehead atoms. The van der Waals surface area contributed by atoms with E-state index in [4.69, 9.17) is 24.7 Å². The first-order valence-electron chi connectivity index (χ1n) is 5.18. The third-order valence-corrected chi connectivity index (χ3v) is 3.38. The molecule has 2 atom stereocenters. The lowest BCUT2D eigenvalue weighted by atomic mass is 10.1. The van der Waals surface area contributed by atoms with E-state index >= 15 is 0 Å². The second kappa shape index (κ2) is 5.35. The minimum Gasteiger partial charge on any atom is -0.490 e. The highest BCUT2D eigenvalue weighted by molar-refractivity contribution is 7.75. The van der Waals surface area contributed by atoms with Crippen LogP contribution in [0.2, 0.25) is 5.02 Å². The molecule has 2 rings (SSSR count). The van der Waals surface area contributed by atoms with Crippen molar-refractivity contribution in [3.63, 3.8) is 0 Å². The number of ether oxygens (including phenoxy) is 1. The molecule has 0 radical (unpaired) electrons. The predicted octanol–water partition coefficient (Wildman–Crippen LogP) is 2.33. The first-order valence-corrected chi connectivity index (χ1v) is 6.56. The van der Waals surface area contributed by atoms with Gasteiger partial charge in [-0.15, -0.1) is 0 Å². The third-order valence-electron chi connectivity index (χ3n) is 2.40. The van der Waals surface area contributed by atoms with Gasteiger partial charge in [0, 0.05) is 5.02 Å². The van der Waals surface area contributed by atoms with E-state index < -0.39 is 11.4 Å². The molecule has 0 spiro atoms. The molecule has 0 unspecified atom stereocenters.